The molecule has 2 fully saturated rings. The number of carbonyl (C=O) groups is 1. The van der Waals surface area contributed by atoms with Crippen molar-refractivity contribution in [2.45, 2.75) is 50.7 Å². The van der Waals surface area contributed by atoms with Crippen LogP contribution in [0, 0.1) is 6.92 Å². The number of ether oxygens (including phenoxy) is 1. The molecule has 0 radical (unpaired) electrons. The minimum atomic E-state index is 0.120. The predicted molar refractivity (Wildman–Crippen MR) is 90.8 cm³/mol. The minimum absolute atomic E-state index is 0.120. The first kappa shape index (κ1) is 15.2. The molecular weight excluding hydrogens is 302 g/mol. The van der Waals surface area contributed by atoms with Crippen molar-refractivity contribution in [3.05, 3.63) is 48.5 Å². The first-order valence-corrected chi connectivity index (χ1v) is 8.69. The summed E-state index contributed by atoms with van der Waals surface area (Å²) in [7, 11) is 0. The Labute approximate surface area is 142 Å². The third kappa shape index (κ3) is 2.79. The van der Waals surface area contributed by atoms with Crippen molar-refractivity contribution in [3.63, 3.8) is 0 Å². The molecule has 2 aliphatic rings. The van der Waals surface area contributed by atoms with E-state index in [1.165, 1.54) is 0 Å². The van der Waals surface area contributed by atoms with E-state index >= 15 is 0 Å². The van der Waals surface area contributed by atoms with Crippen LogP contribution in [0.3, 0.4) is 0 Å². The van der Waals surface area contributed by atoms with Crippen LogP contribution in [-0.4, -0.2) is 39.0 Å². The Bertz CT molecular complexity index is 699. The second kappa shape index (κ2) is 6.30. The second-order valence-corrected chi connectivity index (χ2v) is 6.88. The summed E-state index contributed by atoms with van der Waals surface area (Å²) in [6, 6.07) is 8.97. The number of carbonyl (C=O) groups excluding carboxylic acids is 1. The molecule has 24 heavy (non-hydrogen) atoms. The van der Waals surface area contributed by atoms with E-state index in [-0.39, 0.29) is 12.5 Å². The third-order valence-corrected chi connectivity index (χ3v) is 5.39. The normalized spacial score (nSPS) is 25.7. The second-order valence-electron chi connectivity index (χ2n) is 6.88. The van der Waals surface area contributed by atoms with Gasteiger partial charge < -0.3 is 14.2 Å². The van der Waals surface area contributed by atoms with Crippen LogP contribution in [0.4, 0.5) is 0 Å². The maximum absolute atomic E-state index is 12.7. The van der Waals surface area contributed by atoms with Crippen molar-refractivity contribution >= 4 is 5.91 Å². The number of piperidine rings is 1. The first-order chi connectivity index (χ1) is 11.7. The molecule has 5 nitrogen and oxygen atoms in total. The number of benzene rings is 1. The van der Waals surface area contributed by atoms with Crippen LogP contribution in [-0.2, 0) is 4.79 Å². The first-order valence-electron chi connectivity index (χ1n) is 8.69. The van der Waals surface area contributed by atoms with Crippen LogP contribution in [0.15, 0.2) is 43.0 Å². The highest BCUT2D eigenvalue weighted by atomic mass is 16.5. The van der Waals surface area contributed by atoms with E-state index in [0.29, 0.717) is 18.1 Å². The van der Waals surface area contributed by atoms with Gasteiger partial charge in [-0.05, 0) is 44.2 Å². The molecule has 0 N–H and O–H groups in total. The van der Waals surface area contributed by atoms with Crippen molar-refractivity contribution < 1.29 is 9.53 Å². The molecule has 2 aromatic rings. The maximum Gasteiger partial charge on any atom is 0.261 e. The van der Waals surface area contributed by atoms with Gasteiger partial charge in [-0.2, -0.15) is 0 Å². The summed E-state index contributed by atoms with van der Waals surface area (Å²) in [6.07, 6.45) is 9.99. The molecule has 0 saturated carbocycles. The molecule has 3 heterocycles. The Morgan fingerprint density at radius 3 is 2.62 bits per heavy atom. The average Bonchev–Trinajstić information content (AvgIpc) is 3.21. The zero-order chi connectivity index (χ0) is 16.5. The zero-order valence-corrected chi connectivity index (χ0v) is 14.0. The molecule has 1 aromatic carbocycles. The summed E-state index contributed by atoms with van der Waals surface area (Å²) >= 11 is 0. The quantitative estimate of drug-likeness (QED) is 0.868. The Morgan fingerprint density at radius 1 is 1.21 bits per heavy atom. The lowest BCUT2D eigenvalue weighted by atomic mass is 9.97. The van der Waals surface area contributed by atoms with E-state index in [4.69, 9.17) is 4.74 Å². The highest BCUT2D eigenvalue weighted by molar-refractivity contribution is 5.79. The van der Waals surface area contributed by atoms with Crippen molar-refractivity contribution in [1.29, 1.82) is 0 Å². The molecule has 0 aliphatic carbocycles. The largest absolute Gasteiger partial charge is 0.484 e. The van der Waals surface area contributed by atoms with Gasteiger partial charge in [-0.25, -0.2) is 4.98 Å². The summed E-state index contributed by atoms with van der Waals surface area (Å²) in [5.41, 5.74) is 1.06. The lowest BCUT2D eigenvalue weighted by Gasteiger charge is -2.39. The lowest BCUT2D eigenvalue weighted by molar-refractivity contribution is -0.138. The fraction of sp³-hybridized carbons (Fsp3) is 0.474. The monoisotopic (exact) mass is 325 g/mol. The van der Waals surface area contributed by atoms with Gasteiger partial charge in [0, 0.05) is 30.5 Å². The smallest absolute Gasteiger partial charge is 0.261 e. The number of amides is 1. The number of hydrogen-bond acceptors (Lipinski definition) is 3. The van der Waals surface area contributed by atoms with Gasteiger partial charge in [-0.1, -0.05) is 18.2 Å². The fourth-order valence-corrected chi connectivity index (χ4v) is 4.22. The number of rotatable bonds is 4. The minimum Gasteiger partial charge on any atom is -0.484 e. The topological polar surface area (TPSA) is 47.4 Å². The van der Waals surface area contributed by atoms with E-state index in [9.17, 15) is 4.79 Å². The highest BCUT2D eigenvalue weighted by Crippen LogP contribution is 2.40. The van der Waals surface area contributed by atoms with Crippen LogP contribution in [0.2, 0.25) is 0 Å². The molecule has 2 unspecified atom stereocenters. The Morgan fingerprint density at radius 2 is 1.96 bits per heavy atom. The van der Waals surface area contributed by atoms with Crippen molar-refractivity contribution in [3.8, 4) is 5.75 Å². The van der Waals surface area contributed by atoms with Gasteiger partial charge in [-0.3, -0.25) is 4.79 Å². The van der Waals surface area contributed by atoms with Crippen LogP contribution < -0.4 is 4.74 Å². The van der Waals surface area contributed by atoms with Crippen molar-refractivity contribution in [2.75, 3.05) is 6.61 Å². The zero-order valence-electron chi connectivity index (χ0n) is 14.0. The van der Waals surface area contributed by atoms with E-state index in [1.807, 2.05) is 49.9 Å². The molecule has 5 heteroatoms. The van der Waals surface area contributed by atoms with Gasteiger partial charge in [0.25, 0.3) is 5.91 Å². The number of imidazole rings is 1. The summed E-state index contributed by atoms with van der Waals surface area (Å²) in [6.45, 7) is 2.13. The Balaban J connectivity index is 1.40. The summed E-state index contributed by atoms with van der Waals surface area (Å²) in [4.78, 5) is 19.0. The maximum atomic E-state index is 12.7. The van der Waals surface area contributed by atoms with Crippen molar-refractivity contribution in [2.24, 2.45) is 0 Å². The van der Waals surface area contributed by atoms with Gasteiger partial charge in [0.1, 0.15) is 5.75 Å². The van der Waals surface area contributed by atoms with E-state index in [2.05, 4.69) is 14.5 Å². The van der Waals surface area contributed by atoms with Crippen LogP contribution in [0.25, 0.3) is 0 Å². The highest BCUT2D eigenvalue weighted by Gasteiger charge is 2.43. The number of aryl methyl sites for hydroxylation is 1. The number of hydrogen-bond donors (Lipinski definition) is 0. The van der Waals surface area contributed by atoms with Gasteiger partial charge in [0.05, 0.1) is 6.33 Å². The molecule has 2 atom stereocenters. The van der Waals surface area contributed by atoms with E-state index < -0.39 is 0 Å². The third-order valence-electron chi connectivity index (χ3n) is 5.39. The molecule has 4 rings (SSSR count). The van der Waals surface area contributed by atoms with Gasteiger partial charge in [0.15, 0.2) is 6.61 Å². The lowest BCUT2D eigenvalue weighted by Crippen LogP contribution is -2.48. The number of para-hydroxylation sites is 1. The van der Waals surface area contributed by atoms with E-state index in [0.717, 1.165) is 37.0 Å². The van der Waals surface area contributed by atoms with E-state index in [1.54, 1.807) is 0 Å². The average molecular weight is 325 g/mol. The Hall–Kier alpha value is -2.30. The van der Waals surface area contributed by atoms with Gasteiger partial charge in [-0.15, -0.1) is 0 Å². The van der Waals surface area contributed by atoms with Crippen LogP contribution >= 0.6 is 0 Å². The van der Waals surface area contributed by atoms with Crippen molar-refractivity contribution in [1.82, 2.24) is 14.5 Å². The molecule has 1 aromatic heterocycles. The van der Waals surface area contributed by atoms with Gasteiger partial charge >= 0.3 is 0 Å². The predicted octanol–water partition coefficient (Wildman–Crippen LogP) is 2.97. The van der Waals surface area contributed by atoms with Crippen LogP contribution in [0.5, 0.6) is 5.75 Å². The summed E-state index contributed by atoms with van der Waals surface area (Å²) in [5.74, 6) is 0.918. The number of aromatic nitrogens is 2. The fourth-order valence-electron chi connectivity index (χ4n) is 4.22. The molecular formula is C19H23N3O2. The summed E-state index contributed by atoms with van der Waals surface area (Å²) < 4.78 is 7.96. The Kier molecular flexibility index (Phi) is 4.00. The molecule has 0 spiro atoms. The standard InChI is InChI=1S/C19H23N3O2/c1-14-4-2-3-5-18(14)24-12-19(23)22-15-6-7-16(22)11-17(10-15)21-9-8-20-13-21/h2-5,8-9,13,15-17H,6-7,10-12H2,1H3. The summed E-state index contributed by atoms with van der Waals surface area (Å²) in [5, 5.41) is 0. The SMILES string of the molecule is Cc1ccccc1OCC(=O)N1C2CCC1CC(n1ccnc1)C2. The number of nitrogens with zero attached hydrogens (tertiary/aromatic N) is 3. The number of fused-ring (bicyclic) bond motifs is 2. The molecule has 126 valence electrons. The van der Waals surface area contributed by atoms with Crippen LogP contribution in [0.1, 0.15) is 37.3 Å². The molecule has 2 saturated heterocycles. The molecule has 2 aliphatic heterocycles. The van der Waals surface area contributed by atoms with Gasteiger partial charge in [0.2, 0.25) is 0 Å². The molecule has 2 bridgehead atoms. The molecule has 1 amide bonds.